The van der Waals surface area contributed by atoms with Gasteiger partial charge in [-0.1, -0.05) is 41.6 Å². The number of amides is 1. The number of halogens is 1. The van der Waals surface area contributed by atoms with Gasteiger partial charge in [-0.15, -0.1) is 0 Å². The Morgan fingerprint density at radius 3 is 2.96 bits per heavy atom. The van der Waals surface area contributed by atoms with E-state index in [0.29, 0.717) is 16.9 Å². The highest BCUT2D eigenvalue weighted by Crippen LogP contribution is 2.30. The first kappa shape index (κ1) is 17.9. The third-order valence-electron chi connectivity index (χ3n) is 3.10. The van der Waals surface area contributed by atoms with Gasteiger partial charge in [0.25, 0.3) is 5.91 Å². The fraction of sp³-hybridized carbons (Fsp3) is 0.250. The fourth-order valence-electron chi connectivity index (χ4n) is 2.08. The molecule has 0 saturated heterocycles. The molecule has 0 aliphatic carbocycles. The van der Waals surface area contributed by atoms with Gasteiger partial charge in [0, 0.05) is 0 Å². The number of nitrogens with one attached hydrogen (secondary N) is 1. The number of thioether (sulfide) groups is 1. The molecule has 9 heteroatoms. The molecule has 2 aromatic heterocycles. The largest absolute Gasteiger partial charge is 0.494 e. The standard InChI is InChI=1S/C16H15ClN4O2S2/c1-3-23-9-5-6-11-12(7-9)25-16(19-11)21-14(22)13-10(17)8-18-15(20-13)24-4-2/h5-8H,3-4H2,1-2H3,(H,19,21,22). The number of benzene rings is 1. The Morgan fingerprint density at radius 1 is 1.36 bits per heavy atom. The molecule has 130 valence electrons. The van der Waals surface area contributed by atoms with E-state index in [2.05, 4.69) is 20.3 Å². The summed E-state index contributed by atoms with van der Waals surface area (Å²) >= 11 is 8.87. The molecule has 0 fully saturated rings. The van der Waals surface area contributed by atoms with Crippen LogP contribution in [0.5, 0.6) is 5.75 Å². The van der Waals surface area contributed by atoms with Crippen LogP contribution in [-0.4, -0.2) is 33.2 Å². The van der Waals surface area contributed by atoms with Gasteiger partial charge in [0.1, 0.15) is 5.75 Å². The number of rotatable bonds is 6. The third-order valence-corrected chi connectivity index (χ3v) is 5.06. The van der Waals surface area contributed by atoms with E-state index >= 15 is 0 Å². The van der Waals surface area contributed by atoms with Gasteiger partial charge < -0.3 is 4.74 Å². The van der Waals surface area contributed by atoms with Crippen LogP contribution >= 0.6 is 34.7 Å². The van der Waals surface area contributed by atoms with Crippen molar-refractivity contribution in [2.24, 2.45) is 0 Å². The normalized spacial score (nSPS) is 10.8. The van der Waals surface area contributed by atoms with Gasteiger partial charge in [0.2, 0.25) is 0 Å². The van der Waals surface area contributed by atoms with Gasteiger partial charge in [-0.3, -0.25) is 10.1 Å². The molecule has 3 aromatic rings. The number of fused-ring (bicyclic) bond motifs is 1. The number of carbonyl (C=O) groups is 1. The molecule has 1 N–H and O–H groups in total. The number of thiazole rings is 1. The van der Waals surface area contributed by atoms with Gasteiger partial charge in [0.05, 0.1) is 28.0 Å². The Labute approximate surface area is 158 Å². The summed E-state index contributed by atoms with van der Waals surface area (Å²) in [5.74, 6) is 1.17. The second kappa shape index (κ2) is 7.99. The van der Waals surface area contributed by atoms with Crippen LogP contribution < -0.4 is 10.1 Å². The van der Waals surface area contributed by atoms with Crippen molar-refractivity contribution in [1.82, 2.24) is 15.0 Å². The van der Waals surface area contributed by atoms with Crippen molar-refractivity contribution in [3.8, 4) is 5.75 Å². The van der Waals surface area contributed by atoms with Crippen molar-refractivity contribution < 1.29 is 9.53 Å². The predicted molar refractivity (Wildman–Crippen MR) is 102 cm³/mol. The average molecular weight is 395 g/mol. The lowest BCUT2D eigenvalue weighted by Gasteiger charge is -2.04. The molecule has 1 aromatic carbocycles. The summed E-state index contributed by atoms with van der Waals surface area (Å²) < 4.78 is 6.41. The van der Waals surface area contributed by atoms with E-state index < -0.39 is 5.91 Å². The van der Waals surface area contributed by atoms with Gasteiger partial charge in [-0.2, -0.15) is 0 Å². The van der Waals surface area contributed by atoms with Crippen molar-refractivity contribution in [1.29, 1.82) is 0 Å². The van der Waals surface area contributed by atoms with E-state index in [1.807, 2.05) is 32.0 Å². The number of hydrogen-bond donors (Lipinski definition) is 1. The van der Waals surface area contributed by atoms with Crippen LogP contribution in [0.15, 0.2) is 29.6 Å². The summed E-state index contributed by atoms with van der Waals surface area (Å²) in [6, 6.07) is 5.62. The van der Waals surface area contributed by atoms with Crippen LogP contribution in [-0.2, 0) is 0 Å². The molecular formula is C16H15ClN4O2S2. The Bertz CT molecular complexity index is 916. The van der Waals surface area contributed by atoms with E-state index in [4.69, 9.17) is 16.3 Å². The Morgan fingerprint density at radius 2 is 2.20 bits per heavy atom. The van der Waals surface area contributed by atoms with Crippen LogP contribution in [0.2, 0.25) is 5.02 Å². The zero-order chi connectivity index (χ0) is 17.8. The van der Waals surface area contributed by atoms with Gasteiger partial charge >= 0.3 is 0 Å². The number of aromatic nitrogens is 3. The maximum Gasteiger partial charge on any atom is 0.277 e. The van der Waals surface area contributed by atoms with Crippen molar-refractivity contribution >= 4 is 56.0 Å². The second-order valence-corrected chi connectivity index (χ2v) is 7.49. The highest BCUT2D eigenvalue weighted by atomic mass is 35.5. The number of hydrogen-bond acceptors (Lipinski definition) is 7. The summed E-state index contributed by atoms with van der Waals surface area (Å²) in [7, 11) is 0. The second-order valence-electron chi connectivity index (χ2n) is 4.82. The highest BCUT2D eigenvalue weighted by Gasteiger charge is 2.16. The van der Waals surface area contributed by atoms with Crippen LogP contribution in [0.1, 0.15) is 24.3 Å². The van der Waals surface area contributed by atoms with Gasteiger partial charge in [0.15, 0.2) is 16.0 Å². The Hall–Kier alpha value is -1.90. The first-order valence-corrected chi connectivity index (χ1v) is 9.78. The lowest BCUT2D eigenvalue weighted by molar-refractivity contribution is 0.102. The Kier molecular flexibility index (Phi) is 5.72. The van der Waals surface area contributed by atoms with Gasteiger partial charge in [-0.25, -0.2) is 15.0 Å². The minimum absolute atomic E-state index is 0.141. The average Bonchev–Trinajstić information content (AvgIpc) is 2.98. The Balaban J connectivity index is 1.83. The number of anilines is 1. The van der Waals surface area contributed by atoms with Crippen molar-refractivity contribution in [2.45, 2.75) is 19.0 Å². The summed E-state index contributed by atoms with van der Waals surface area (Å²) in [4.78, 5) is 25.2. The molecule has 6 nitrogen and oxygen atoms in total. The van der Waals surface area contributed by atoms with E-state index in [1.54, 1.807) is 0 Å². The lowest BCUT2D eigenvalue weighted by atomic mass is 10.3. The van der Waals surface area contributed by atoms with Crippen LogP contribution in [0.4, 0.5) is 5.13 Å². The fourth-order valence-corrected chi connectivity index (χ4v) is 3.69. The van der Waals surface area contributed by atoms with Crippen LogP contribution in [0, 0.1) is 0 Å². The van der Waals surface area contributed by atoms with Crippen molar-refractivity contribution in [3.63, 3.8) is 0 Å². The van der Waals surface area contributed by atoms with Crippen molar-refractivity contribution in [3.05, 3.63) is 35.1 Å². The molecule has 0 aliphatic rings. The molecule has 2 heterocycles. The number of ether oxygens (including phenoxy) is 1. The minimum atomic E-state index is -0.408. The first-order valence-electron chi connectivity index (χ1n) is 7.60. The minimum Gasteiger partial charge on any atom is -0.494 e. The number of carbonyl (C=O) groups excluding carboxylic acids is 1. The lowest BCUT2D eigenvalue weighted by Crippen LogP contribution is -2.15. The molecule has 0 bridgehead atoms. The highest BCUT2D eigenvalue weighted by molar-refractivity contribution is 7.99. The molecule has 1 amide bonds. The molecule has 0 atom stereocenters. The summed E-state index contributed by atoms with van der Waals surface area (Å²) in [6.45, 7) is 4.51. The van der Waals surface area contributed by atoms with Crippen molar-refractivity contribution in [2.75, 3.05) is 17.7 Å². The molecule has 0 spiro atoms. The van der Waals surface area contributed by atoms with Gasteiger partial charge in [-0.05, 0) is 30.9 Å². The van der Waals surface area contributed by atoms with E-state index in [1.165, 1.54) is 29.3 Å². The smallest absolute Gasteiger partial charge is 0.277 e. The molecule has 0 saturated carbocycles. The summed E-state index contributed by atoms with van der Waals surface area (Å²) in [5.41, 5.74) is 0.932. The topological polar surface area (TPSA) is 77.0 Å². The molecule has 25 heavy (non-hydrogen) atoms. The summed E-state index contributed by atoms with van der Waals surface area (Å²) in [5, 5.41) is 3.96. The molecule has 0 radical (unpaired) electrons. The zero-order valence-corrected chi connectivity index (χ0v) is 16.0. The first-order chi connectivity index (χ1) is 12.1. The summed E-state index contributed by atoms with van der Waals surface area (Å²) in [6.07, 6.45) is 1.44. The maximum absolute atomic E-state index is 12.5. The molecule has 0 aliphatic heterocycles. The molecule has 3 rings (SSSR count). The molecule has 0 unspecified atom stereocenters. The van der Waals surface area contributed by atoms with Crippen LogP contribution in [0.25, 0.3) is 10.2 Å². The van der Waals surface area contributed by atoms with E-state index in [9.17, 15) is 4.79 Å². The van der Waals surface area contributed by atoms with E-state index in [-0.39, 0.29) is 10.7 Å². The molecular weight excluding hydrogens is 380 g/mol. The quantitative estimate of drug-likeness (QED) is 0.489. The SMILES string of the molecule is CCOc1ccc2nc(NC(=O)c3nc(SCC)ncc3Cl)sc2c1. The third kappa shape index (κ3) is 4.20. The monoisotopic (exact) mass is 394 g/mol. The predicted octanol–water partition coefficient (Wildman–Crippen LogP) is 4.50. The maximum atomic E-state index is 12.5. The zero-order valence-electron chi connectivity index (χ0n) is 13.6. The van der Waals surface area contributed by atoms with E-state index in [0.717, 1.165) is 21.7 Å². The van der Waals surface area contributed by atoms with Crippen LogP contribution in [0.3, 0.4) is 0 Å². The number of nitrogens with zero attached hydrogens (tertiary/aromatic N) is 3.